The van der Waals surface area contributed by atoms with Crippen molar-refractivity contribution in [3.63, 3.8) is 0 Å². The number of amides is 1. The first kappa shape index (κ1) is 18.7. The van der Waals surface area contributed by atoms with Crippen LogP contribution in [0.4, 0.5) is 0 Å². The summed E-state index contributed by atoms with van der Waals surface area (Å²) in [6, 6.07) is 5.12. The first-order valence-corrected chi connectivity index (χ1v) is 8.77. The van der Waals surface area contributed by atoms with Crippen LogP contribution in [0.15, 0.2) is 18.2 Å². The summed E-state index contributed by atoms with van der Waals surface area (Å²) in [6.07, 6.45) is 0.633. The van der Waals surface area contributed by atoms with E-state index < -0.39 is 11.9 Å². The molecule has 3 rings (SSSR count). The number of hydrogen-bond donors (Lipinski definition) is 1. The molecule has 0 bridgehead atoms. The van der Waals surface area contributed by atoms with Crippen molar-refractivity contribution in [2.75, 3.05) is 19.8 Å². The normalized spacial score (nSPS) is 13.9. The molecule has 9 heteroatoms. The average molecular weight is 374 g/mol. The van der Waals surface area contributed by atoms with Crippen LogP contribution in [0.2, 0.25) is 0 Å². The number of carbonyl (C=O) groups excluding carboxylic acids is 1. The van der Waals surface area contributed by atoms with E-state index in [1.54, 1.807) is 32.0 Å². The molecule has 0 spiro atoms. The number of hydrogen-bond acceptors (Lipinski definition) is 6. The Balaban J connectivity index is 1.92. The van der Waals surface area contributed by atoms with E-state index in [0.717, 1.165) is 0 Å². The Labute approximate surface area is 156 Å². The molecular formula is C18H22N4O5. The molecular weight excluding hydrogens is 352 g/mol. The first-order chi connectivity index (χ1) is 12.9. The van der Waals surface area contributed by atoms with Crippen LogP contribution in [0.25, 0.3) is 5.69 Å². The molecule has 0 saturated heterocycles. The van der Waals surface area contributed by atoms with Gasteiger partial charge in [0, 0.05) is 12.1 Å². The molecule has 0 saturated carbocycles. The quantitative estimate of drug-likeness (QED) is 0.819. The van der Waals surface area contributed by atoms with Gasteiger partial charge in [-0.05, 0) is 32.4 Å². The van der Waals surface area contributed by atoms with Gasteiger partial charge in [-0.3, -0.25) is 9.59 Å². The Bertz CT molecular complexity index is 863. The number of benzene rings is 1. The molecule has 1 amide bonds. The molecule has 1 unspecified atom stereocenters. The minimum Gasteiger partial charge on any atom is -0.486 e. The van der Waals surface area contributed by atoms with Crippen molar-refractivity contribution >= 4 is 11.9 Å². The van der Waals surface area contributed by atoms with E-state index in [0.29, 0.717) is 42.5 Å². The summed E-state index contributed by atoms with van der Waals surface area (Å²) in [6.45, 7) is 6.01. The van der Waals surface area contributed by atoms with Crippen molar-refractivity contribution in [1.82, 2.24) is 19.9 Å². The Kier molecular flexibility index (Phi) is 5.29. The lowest BCUT2D eigenvalue weighted by molar-refractivity contribution is -0.138. The predicted molar refractivity (Wildman–Crippen MR) is 95.5 cm³/mol. The van der Waals surface area contributed by atoms with Gasteiger partial charge in [-0.15, -0.1) is 5.10 Å². The summed E-state index contributed by atoms with van der Waals surface area (Å²) < 4.78 is 12.6. The molecule has 0 fully saturated rings. The Morgan fingerprint density at radius 2 is 2.00 bits per heavy atom. The highest BCUT2D eigenvalue weighted by molar-refractivity contribution is 5.95. The number of rotatable bonds is 6. The maximum Gasteiger partial charge on any atom is 0.323 e. The molecule has 1 aromatic carbocycles. The van der Waals surface area contributed by atoms with Crippen LogP contribution in [0.3, 0.4) is 0 Å². The summed E-state index contributed by atoms with van der Waals surface area (Å²) in [5, 5.41) is 17.2. The van der Waals surface area contributed by atoms with Gasteiger partial charge in [0.25, 0.3) is 5.91 Å². The van der Waals surface area contributed by atoms with Gasteiger partial charge in [0.2, 0.25) is 0 Å². The van der Waals surface area contributed by atoms with Gasteiger partial charge >= 0.3 is 5.97 Å². The smallest absolute Gasteiger partial charge is 0.323 e. The summed E-state index contributed by atoms with van der Waals surface area (Å²) in [5.41, 5.74) is 1.33. The zero-order chi connectivity index (χ0) is 19.6. The van der Waals surface area contributed by atoms with Crippen molar-refractivity contribution in [3.8, 4) is 17.2 Å². The van der Waals surface area contributed by atoms with Gasteiger partial charge < -0.3 is 19.5 Å². The lowest BCUT2D eigenvalue weighted by Gasteiger charge is -2.26. The number of carboxylic acids is 1. The van der Waals surface area contributed by atoms with Gasteiger partial charge in [0.15, 0.2) is 17.2 Å². The minimum atomic E-state index is -1.07. The molecule has 1 N–H and O–H groups in total. The van der Waals surface area contributed by atoms with Crippen LogP contribution in [0.5, 0.6) is 11.5 Å². The average Bonchev–Trinajstić information content (AvgIpc) is 3.05. The lowest BCUT2D eigenvalue weighted by atomic mass is 10.2. The van der Waals surface area contributed by atoms with E-state index in [9.17, 15) is 9.59 Å². The maximum absolute atomic E-state index is 12.9. The Morgan fingerprint density at radius 3 is 2.67 bits per heavy atom. The molecule has 2 aromatic rings. The molecule has 27 heavy (non-hydrogen) atoms. The van der Waals surface area contributed by atoms with E-state index in [1.165, 1.54) is 9.58 Å². The third-order valence-electron chi connectivity index (χ3n) is 4.56. The van der Waals surface area contributed by atoms with E-state index in [-0.39, 0.29) is 18.3 Å². The number of carbonyl (C=O) groups is 2. The number of aliphatic carboxylic acids is 1. The Hall–Kier alpha value is -3.10. The maximum atomic E-state index is 12.9. The first-order valence-electron chi connectivity index (χ1n) is 8.77. The van der Waals surface area contributed by atoms with Crippen molar-refractivity contribution in [2.45, 2.75) is 33.2 Å². The highest BCUT2D eigenvalue weighted by Gasteiger charge is 2.28. The van der Waals surface area contributed by atoms with Crippen LogP contribution in [-0.4, -0.2) is 62.7 Å². The molecule has 0 aliphatic carbocycles. The second-order valence-electron chi connectivity index (χ2n) is 6.35. The number of ether oxygens (including phenoxy) is 2. The van der Waals surface area contributed by atoms with Crippen molar-refractivity contribution < 1.29 is 24.2 Å². The molecule has 1 atom stereocenters. The van der Waals surface area contributed by atoms with E-state index in [4.69, 9.17) is 14.6 Å². The second kappa shape index (κ2) is 7.65. The van der Waals surface area contributed by atoms with E-state index in [1.807, 2.05) is 6.92 Å². The molecule has 1 aliphatic rings. The molecule has 1 aromatic heterocycles. The fourth-order valence-corrected chi connectivity index (χ4v) is 2.87. The fraction of sp³-hybridized carbons (Fsp3) is 0.444. The highest BCUT2D eigenvalue weighted by atomic mass is 16.6. The SMILES string of the molecule is CCC(C)N(CC(=O)O)C(=O)c1nnn(-c2ccc3c(c2)OCCO3)c1C. The Morgan fingerprint density at radius 1 is 1.30 bits per heavy atom. The molecule has 1 aliphatic heterocycles. The highest BCUT2D eigenvalue weighted by Crippen LogP contribution is 2.32. The number of aromatic nitrogens is 3. The molecule has 144 valence electrons. The van der Waals surface area contributed by atoms with Crippen LogP contribution in [0.1, 0.15) is 36.5 Å². The zero-order valence-electron chi connectivity index (χ0n) is 15.5. The van der Waals surface area contributed by atoms with Crippen molar-refractivity contribution in [3.05, 3.63) is 29.6 Å². The van der Waals surface area contributed by atoms with Crippen LogP contribution in [0, 0.1) is 6.92 Å². The summed E-state index contributed by atoms with van der Waals surface area (Å²) in [5.74, 6) is -0.259. The third-order valence-corrected chi connectivity index (χ3v) is 4.56. The van der Waals surface area contributed by atoms with Gasteiger partial charge in [-0.25, -0.2) is 4.68 Å². The summed E-state index contributed by atoms with van der Waals surface area (Å²) in [7, 11) is 0. The molecule has 2 heterocycles. The predicted octanol–water partition coefficient (Wildman–Crippen LogP) is 1.67. The topological polar surface area (TPSA) is 107 Å². The summed E-state index contributed by atoms with van der Waals surface area (Å²) in [4.78, 5) is 25.3. The minimum absolute atomic E-state index is 0.131. The van der Waals surface area contributed by atoms with Crippen LogP contribution in [-0.2, 0) is 4.79 Å². The molecule has 0 radical (unpaired) electrons. The van der Waals surface area contributed by atoms with Crippen LogP contribution < -0.4 is 9.47 Å². The third kappa shape index (κ3) is 3.71. The van der Waals surface area contributed by atoms with E-state index in [2.05, 4.69) is 10.3 Å². The van der Waals surface area contributed by atoms with Gasteiger partial charge in [0.1, 0.15) is 19.8 Å². The fourth-order valence-electron chi connectivity index (χ4n) is 2.87. The second-order valence-corrected chi connectivity index (χ2v) is 6.35. The van der Waals surface area contributed by atoms with Crippen molar-refractivity contribution in [1.29, 1.82) is 0 Å². The number of fused-ring (bicyclic) bond motifs is 1. The van der Waals surface area contributed by atoms with Gasteiger partial charge in [0.05, 0.1) is 11.4 Å². The van der Waals surface area contributed by atoms with Crippen LogP contribution >= 0.6 is 0 Å². The number of carboxylic acid groups (broad SMARTS) is 1. The monoisotopic (exact) mass is 374 g/mol. The van der Waals surface area contributed by atoms with Crippen molar-refractivity contribution in [2.24, 2.45) is 0 Å². The zero-order valence-corrected chi connectivity index (χ0v) is 15.5. The standard InChI is InChI=1S/C18H22N4O5/c1-4-11(2)21(10-16(23)24)18(25)17-12(3)22(20-19-17)13-5-6-14-15(9-13)27-8-7-26-14/h5-6,9,11H,4,7-8,10H2,1-3H3,(H,23,24). The van der Waals surface area contributed by atoms with E-state index >= 15 is 0 Å². The van der Waals surface area contributed by atoms with Gasteiger partial charge in [-0.1, -0.05) is 12.1 Å². The summed E-state index contributed by atoms with van der Waals surface area (Å²) >= 11 is 0. The largest absolute Gasteiger partial charge is 0.486 e. The molecule has 9 nitrogen and oxygen atoms in total. The lowest BCUT2D eigenvalue weighted by Crippen LogP contribution is -2.42. The number of nitrogens with zero attached hydrogens (tertiary/aromatic N) is 4. The van der Waals surface area contributed by atoms with Gasteiger partial charge in [-0.2, -0.15) is 0 Å².